The van der Waals surface area contributed by atoms with Crippen LogP contribution in [0.1, 0.15) is 31.3 Å². The number of carbonyl (C=O) groups excluding carboxylic acids is 2. The zero-order valence-electron chi connectivity index (χ0n) is 14.0. The van der Waals surface area contributed by atoms with E-state index in [1.807, 2.05) is 25.7 Å². The summed E-state index contributed by atoms with van der Waals surface area (Å²) in [6.07, 6.45) is 1.20. The average molecular weight is 313 g/mol. The van der Waals surface area contributed by atoms with Gasteiger partial charge >= 0.3 is 25.0 Å². The second-order valence-corrected chi connectivity index (χ2v) is 6.14. The zero-order chi connectivity index (χ0) is 16.3. The molecule has 0 atom stereocenters. The second-order valence-electron chi connectivity index (χ2n) is 6.14. The van der Waals surface area contributed by atoms with Gasteiger partial charge in [0, 0.05) is 26.2 Å². The molecule has 1 aliphatic rings. The van der Waals surface area contributed by atoms with E-state index in [2.05, 4.69) is 4.98 Å². The van der Waals surface area contributed by atoms with Gasteiger partial charge in [-0.05, 0) is 32.9 Å². The molecule has 8 heteroatoms. The zero-order valence-corrected chi connectivity index (χ0v) is 14.0. The first kappa shape index (κ1) is 19.3. The number of anilines is 1. The van der Waals surface area contributed by atoms with Gasteiger partial charge in [-0.1, -0.05) is 0 Å². The summed E-state index contributed by atoms with van der Waals surface area (Å²) in [6, 6.07) is 3.12. The van der Waals surface area contributed by atoms with Crippen molar-refractivity contribution in [1.29, 1.82) is 0 Å². The number of carboxylic acids is 1. The molecular weight excluding hydrogens is 293 g/mol. The largest absolute Gasteiger partial charge is 1.00 e. The predicted molar refractivity (Wildman–Crippen MR) is 78.6 cm³/mol. The minimum Gasteiger partial charge on any atom is -0.543 e. The molecule has 1 aromatic rings. The number of aromatic carboxylic acids is 1. The van der Waals surface area contributed by atoms with Gasteiger partial charge in [0.05, 0.1) is 23.5 Å². The number of hydrogen-bond acceptors (Lipinski definition) is 6. The van der Waals surface area contributed by atoms with E-state index in [0.717, 1.165) is 5.69 Å². The van der Waals surface area contributed by atoms with E-state index in [9.17, 15) is 14.7 Å². The van der Waals surface area contributed by atoms with Crippen molar-refractivity contribution in [3.63, 3.8) is 0 Å². The van der Waals surface area contributed by atoms with Crippen LogP contribution in [-0.2, 0) is 4.74 Å². The maximum absolute atomic E-state index is 12.0. The van der Waals surface area contributed by atoms with Crippen LogP contribution >= 0.6 is 0 Å². The normalized spacial score (nSPS) is 14.9. The van der Waals surface area contributed by atoms with E-state index in [0.29, 0.717) is 26.2 Å². The van der Waals surface area contributed by atoms with Crippen LogP contribution in [-0.4, -0.2) is 53.7 Å². The molecular formula is C15H20LiN3O4. The third kappa shape index (κ3) is 5.45. The monoisotopic (exact) mass is 313 g/mol. The third-order valence-electron chi connectivity index (χ3n) is 3.25. The fourth-order valence-corrected chi connectivity index (χ4v) is 2.17. The first-order chi connectivity index (χ1) is 10.3. The second kappa shape index (κ2) is 7.71. The van der Waals surface area contributed by atoms with Crippen LogP contribution < -0.4 is 28.9 Å². The molecule has 1 saturated heterocycles. The minimum absolute atomic E-state index is 0. The van der Waals surface area contributed by atoms with Crippen LogP contribution in [0.3, 0.4) is 0 Å². The Morgan fingerprint density at radius 1 is 1.17 bits per heavy atom. The Bertz CT molecular complexity index is 549. The summed E-state index contributed by atoms with van der Waals surface area (Å²) in [5.74, 6) is -1.29. The number of aromatic nitrogens is 1. The van der Waals surface area contributed by atoms with Gasteiger partial charge in [-0.25, -0.2) is 4.79 Å². The van der Waals surface area contributed by atoms with Crippen molar-refractivity contribution in [2.75, 3.05) is 31.1 Å². The third-order valence-corrected chi connectivity index (χ3v) is 3.25. The number of rotatable bonds is 2. The SMILES string of the molecule is CC(C)(C)OC(=O)N1CCN(c2ccc(C(=O)[O-])nc2)CC1.[Li+]. The maximum atomic E-state index is 12.0. The smallest absolute Gasteiger partial charge is 0.543 e. The molecule has 1 amide bonds. The van der Waals surface area contributed by atoms with Crippen LogP contribution in [0.4, 0.5) is 10.5 Å². The van der Waals surface area contributed by atoms with Crippen LogP contribution in [0.2, 0.25) is 0 Å². The number of piperazine rings is 1. The number of carboxylic acid groups (broad SMARTS) is 1. The Labute approximate surface area is 147 Å². The molecule has 23 heavy (non-hydrogen) atoms. The summed E-state index contributed by atoms with van der Waals surface area (Å²) < 4.78 is 5.34. The van der Waals surface area contributed by atoms with Gasteiger partial charge in [0.2, 0.25) is 0 Å². The topological polar surface area (TPSA) is 85.8 Å². The summed E-state index contributed by atoms with van der Waals surface area (Å²) in [5, 5.41) is 10.7. The van der Waals surface area contributed by atoms with Crippen molar-refractivity contribution in [3.05, 3.63) is 24.0 Å². The van der Waals surface area contributed by atoms with Gasteiger partial charge in [0.1, 0.15) is 5.60 Å². The van der Waals surface area contributed by atoms with E-state index < -0.39 is 11.6 Å². The molecule has 0 aliphatic carbocycles. The number of ether oxygens (including phenoxy) is 1. The fourth-order valence-electron chi connectivity index (χ4n) is 2.17. The Morgan fingerprint density at radius 2 is 1.78 bits per heavy atom. The predicted octanol–water partition coefficient (Wildman–Crippen LogP) is -2.49. The summed E-state index contributed by atoms with van der Waals surface area (Å²) in [5.41, 5.74) is 0.240. The molecule has 1 fully saturated rings. The van der Waals surface area contributed by atoms with Crippen LogP contribution in [0.5, 0.6) is 0 Å². The number of nitrogens with zero attached hydrogens (tertiary/aromatic N) is 3. The molecule has 2 rings (SSSR count). The molecule has 0 spiro atoms. The first-order valence-corrected chi connectivity index (χ1v) is 7.16. The van der Waals surface area contributed by atoms with E-state index in [1.165, 1.54) is 12.3 Å². The summed E-state index contributed by atoms with van der Waals surface area (Å²) in [7, 11) is 0. The standard InChI is InChI=1S/C15H21N3O4.Li/c1-15(2,3)22-14(21)18-8-6-17(7-9-18)11-4-5-12(13(19)20)16-10-11;/h4-5,10H,6-9H2,1-3H3,(H,19,20);/q;+1/p-1. The fraction of sp³-hybridized carbons (Fsp3) is 0.533. The van der Waals surface area contributed by atoms with Crippen molar-refractivity contribution >= 4 is 17.7 Å². The van der Waals surface area contributed by atoms with Gasteiger partial charge in [-0.3, -0.25) is 4.98 Å². The van der Waals surface area contributed by atoms with E-state index in [4.69, 9.17) is 4.74 Å². The van der Waals surface area contributed by atoms with Crippen molar-refractivity contribution in [3.8, 4) is 0 Å². The molecule has 0 N–H and O–H groups in total. The van der Waals surface area contributed by atoms with Gasteiger partial charge in [0.25, 0.3) is 0 Å². The number of amides is 1. The molecule has 1 aromatic heterocycles. The van der Waals surface area contributed by atoms with Crippen LogP contribution in [0, 0.1) is 0 Å². The quantitative estimate of drug-likeness (QED) is 0.562. The van der Waals surface area contributed by atoms with Gasteiger partial charge in [0.15, 0.2) is 0 Å². The molecule has 7 nitrogen and oxygen atoms in total. The molecule has 1 aliphatic heterocycles. The molecule has 0 aromatic carbocycles. The Morgan fingerprint density at radius 3 is 2.22 bits per heavy atom. The number of pyridine rings is 1. The van der Waals surface area contributed by atoms with Gasteiger partial charge < -0.3 is 24.4 Å². The van der Waals surface area contributed by atoms with Gasteiger partial charge in [-0.2, -0.15) is 0 Å². The van der Waals surface area contributed by atoms with Crippen molar-refractivity contribution in [2.45, 2.75) is 26.4 Å². The maximum Gasteiger partial charge on any atom is 1.00 e. The van der Waals surface area contributed by atoms with Crippen molar-refractivity contribution < 1.29 is 38.3 Å². The van der Waals surface area contributed by atoms with Crippen molar-refractivity contribution in [1.82, 2.24) is 9.88 Å². The molecule has 0 bridgehead atoms. The molecule has 0 unspecified atom stereocenters. The number of hydrogen-bond donors (Lipinski definition) is 0. The van der Waals surface area contributed by atoms with E-state index >= 15 is 0 Å². The number of carbonyl (C=O) groups is 2. The first-order valence-electron chi connectivity index (χ1n) is 7.16. The summed E-state index contributed by atoms with van der Waals surface area (Å²) >= 11 is 0. The summed E-state index contributed by atoms with van der Waals surface area (Å²) in [6.45, 7) is 7.91. The van der Waals surface area contributed by atoms with E-state index in [-0.39, 0.29) is 30.6 Å². The Balaban J connectivity index is 0.00000264. The molecule has 2 heterocycles. The Hall–Kier alpha value is -1.71. The average Bonchev–Trinajstić information content (AvgIpc) is 2.46. The Kier molecular flexibility index (Phi) is 6.48. The minimum atomic E-state index is -1.29. The van der Waals surface area contributed by atoms with Crippen molar-refractivity contribution in [2.24, 2.45) is 0 Å². The van der Waals surface area contributed by atoms with Crippen LogP contribution in [0.15, 0.2) is 18.3 Å². The van der Waals surface area contributed by atoms with Gasteiger partial charge in [-0.15, -0.1) is 0 Å². The summed E-state index contributed by atoms with van der Waals surface area (Å²) in [4.78, 5) is 30.2. The van der Waals surface area contributed by atoms with E-state index in [1.54, 1.807) is 11.0 Å². The molecule has 120 valence electrons. The molecule has 0 saturated carbocycles. The molecule has 0 radical (unpaired) electrons. The van der Waals surface area contributed by atoms with Crippen LogP contribution in [0.25, 0.3) is 0 Å².